The highest BCUT2D eigenvalue weighted by atomic mass is 19.1. The van der Waals surface area contributed by atoms with Gasteiger partial charge in [0, 0.05) is 17.7 Å². The standard InChI is InChI=1S/C11H15FN2O4/c1-5-3-14(11(17)13-9(5)16)10-8(12)6(2)7(4-15)18-10/h3,6-8,10,15H,4H2,1-2H3,(H,13,16,17)/t6-,7+,8-,10+/m0/s1. The van der Waals surface area contributed by atoms with Crippen LogP contribution in [0, 0.1) is 12.8 Å². The molecule has 7 heteroatoms. The van der Waals surface area contributed by atoms with E-state index in [4.69, 9.17) is 9.84 Å². The molecule has 0 saturated carbocycles. The average molecular weight is 258 g/mol. The first kappa shape index (κ1) is 13.0. The lowest BCUT2D eigenvalue weighted by atomic mass is 10.0. The molecule has 2 rings (SSSR count). The van der Waals surface area contributed by atoms with Crippen LogP contribution in [0.4, 0.5) is 4.39 Å². The molecule has 2 N–H and O–H groups in total. The van der Waals surface area contributed by atoms with Gasteiger partial charge < -0.3 is 9.84 Å². The van der Waals surface area contributed by atoms with Crippen molar-refractivity contribution in [3.8, 4) is 0 Å². The molecule has 100 valence electrons. The van der Waals surface area contributed by atoms with Gasteiger partial charge in [-0.25, -0.2) is 9.18 Å². The molecule has 0 aromatic carbocycles. The minimum Gasteiger partial charge on any atom is -0.394 e. The Morgan fingerprint density at radius 3 is 2.78 bits per heavy atom. The summed E-state index contributed by atoms with van der Waals surface area (Å²) < 4.78 is 20.4. The van der Waals surface area contributed by atoms with Crippen molar-refractivity contribution in [1.29, 1.82) is 0 Å². The third-order valence-corrected chi connectivity index (χ3v) is 3.28. The minimum absolute atomic E-state index is 0.297. The molecule has 1 fully saturated rings. The fourth-order valence-electron chi connectivity index (χ4n) is 2.05. The number of nitrogens with one attached hydrogen (secondary N) is 1. The van der Waals surface area contributed by atoms with Crippen molar-refractivity contribution in [3.05, 3.63) is 32.6 Å². The average Bonchev–Trinajstić information content (AvgIpc) is 2.61. The number of aromatic amines is 1. The van der Waals surface area contributed by atoms with Gasteiger partial charge in [-0.2, -0.15) is 0 Å². The zero-order valence-corrected chi connectivity index (χ0v) is 10.1. The van der Waals surface area contributed by atoms with E-state index < -0.39 is 35.7 Å². The Hall–Kier alpha value is -1.47. The molecule has 0 unspecified atom stereocenters. The fourth-order valence-corrected chi connectivity index (χ4v) is 2.05. The maximum Gasteiger partial charge on any atom is 0.330 e. The Morgan fingerprint density at radius 2 is 2.22 bits per heavy atom. The van der Waals surface area contributed by atoms with Crippen LogP contribution in [0.3, 0.4) is 0 Å². The normalized spacial score (nSPS) is 31.8. The van der Waals surface area contributed by atoms with Crippen molar-refractivity contribution in [1.82, 2.24) is 9.55 Å². The number of ether oxygens (including phenoxy) is 1. The summed E-state index contributed by atoms with van der Waals surface area (Å²) >= 11 is 0. The van der Waals surface area contributed by atoms with E-state index in [1.165, 1.54) is 13.1 Å². The zero-order valence-electron chi connectivity index (χ0n) is 10.1. The van der Waals surface area contributed by atoms with Crippen LogP contribution in [0.2, 0.25) is 0 Å². The first-order valence-corrected chi connectivity index (χ1v) is 5.68. The zero-order chi connectivity index (χ0) is 13.4. The lowest BCUT2D eigenvalue weighted by Gasteiger charge is -2.16. The Labute approximate surface area is 102 Å². The number of aromatic nitrogens is 2. The lowest BCUT2D eigenvalue weighted by molar-refractivity contribution is -0.0420. The van der Waals surface area contributed by atoms with E-state index in [9.17, 15) is 14.0 Å². The second kappa shape index (κ2) is 4.66. The van der Waals surface area contributed by atoms with Crippen molar-refractivity contribution in [3.63, 3.8) is 0 Å². The third-order valence-electron chi connectivity index (χ3n) is 3.28. The van der Waals surface area contributed by atoms with Crippen LogP contribution in [0.1, 0.15) is 18.7 Å². The first-order valence-electron chi connectivity index (χ1n) is 5.68. The van der Waals surface area contributed by atoms with Gasteiger partial charge in [-0.1, -0.05) is 6.92 Å². The number of halogens is 1. The van der Waals surface area contributed by atoms with Crippen molar-refractivity contribution < 1.29 is 14.2 Å². The van der Waals surface area contributed by atoms with Crippen LogP contribution in [-0.4, -0.2) is 33.5 Å². The maximum absolute atomic E-state index is 14.0. The monoisotopic (exact) mass is 258 g/mol. The smallest absolute Gasteiger partial charge is 0.330 e. The predicted octanol–water partition coefficient (Wildman–Crippen LogP) is -0.291. The summed E-state index contributed by atoms with van der Waals surface area (Å²) in [6, 6.07) is 0. The highest BCUT2D eigenvalue weighted by Gasteiger charge is 2.43. The fraction of sp³-hybridized carbons (Fsp3) is 0.636. The van der Waals surface area contributed by atoms with E-state index in [1.807, 2.05) is 0 Å². The first-order chi connectivity index (χ1) is 8.45. The topological polar surface area (TPSA) is 84.3 Å². The van der Waals surface area contributed by atoms with Crippen molar-refractivity contribution >= 4 is 0 Å². The number of rotatable bonds is 2. The number of hydrogen-bond donors (Lipinski definition) is 2. The van der Waals surface area contributed by atoms with Gasteiger partial charge >= 0.3 is 5.69 Å². The van der Waals surface area contributed by atoms with Gasteiger partial charge in [0.1, 0.15) is 0 Å². The van der Waals surface area contributed by atoms with Gasteiger partial charge in [-0.15, -0.1) is 0 Å². The molecule has 1 aliphatic rings. The van der Waals surface area contributed by atoms with E-state index in [0.717, 1.165) is 4.57 Å². The quantitative estimate of drug-likeness (QED) is 0.763. The van der Waals surface area contributed by atoms with Gasteiger partial charge in [0.25, 0.3) is 5.56 Å². The largest absolute Gasteiger partial charge is 0.394 e. The molecule has 0 aliphatic carbocycles. The molecule has 18 heavy (non-hydrogen) atoms. The number of H-pyrrole nitrogens is 1. The van der Waals surface area contributed by atoms with Crippen molar-refractivity contribution in [2.45, 2.75) is 32.4 Å². The Bertz CT molecular complexity index is 553. The Balaban J connectivity index is 2.42. The third kappa shape index (κ3) is 1.99. The van der Waals surface area contributed by atoms with E-state index in [0.29, 0.717) is 5.56 Å². The number of alkyl halides is 1. The summed E-state index contributed by atoms with van der Waals surface area (Å²) in [4.78, 5) is 24.9. The van der Waals surface area contributed by atoms with Crippen LogP contribution >= 0.6 is 0 Å². The van der Waals surface area contributed by atoms with Gasteiger partial charge in [-0.3, -0.25) is 14.3 Å². The molecule has 1 aliphatic heterocycles. The second-order valence-corrected chi connectivity index (χ2v) is 4.53. The lowest BCUT2D eigenvalue weighted by Crippen LogP contribution is -2.36. The Kier molecular flexibility index (Phi) is 3.36. The van der Waals surface area contributed by atoms with Crippen LogP contribution in [0.15, 0.2) is 15.8 Å². The molecule has 0 bridgehead atoms. The number of aliphatic hydroxyl groups excluding tert-OH is 1. The van der Waals surface area contributed by atoms with E-state index >= 15 is 0 Å². The molecular formula is C11H15FN2O4. The SMILES string of the molecule is Cc1cn([C@@H]2O[C@H](CO)[C@H](C)[C@@H]2F)c(=O)[nH]c1=O. The summed E-state index contributed by atoms with van der Waals surface area (Å²) in [6.45, 7) is 2.81. The van der Waals surface area contributed by atoms with Gasteiger partial charge in [0.15, 0.2) is 12.4 Å². The van der Waals surface area contributed by atoms with Gasteiger partial charge in [0.2, 0.25) is 0 Å². The summed E-state index contributed by atoms with van der Waals surface area (Å²) in [7, 11) is 0. The van der Waals surface area contributed by atoms with Gasteiger partial charge in [0.05, 0.1) is 12.7 Å². The molecule has 2 heterocycles. The molecule has 1 aromatic heterocycles. The Morgan fingerprint density at radius 1 is 1.56 bits per heavy atom. The van der Waals surface area contributed by atoms with Crippen LogP contribution in [0.5, 0.6) is 0 Å². The minimum atomic E-state index is -1.41. The molecule has 0 spiro atoms. The van der Waals surface area contributed by atoms with Crippen LogP contribution in [-0.2, 0) is 4.74 Å². The maximum atomic E-state index is 14.0. The van der Waals surface area contributed by atoms with E-state index in [1.54, 1.807) is 6.92 Å². The van der Waals surface area contributed by atoms with E-state index in [-0.39, 0.29) is 6.61 Å². The molecule has 0 amide bonds. The van der Waals surface area contributed by atoms with Crippen molar-refractivity contribution in [2.75, 3.05) is 6.61 Å². The van der Waals surface area contributed by atoms with Gasteiger partial charge in [-0.05, 0) is 6.92 Å². The summed E-state index contributed by atoms with van der Waals surface area (Å²) in [5, 5.41) is 9.05. The highest BCUT2D eigenvalue weighted by molar-refractivity contribution is 5.02. The second-order valence-electron chi connectivity index (χ2n) is 4.53. The van der Waals surface area contributed by atoms with Crippen LogP contribution in [0.25, 0.3) is 0 Å². The number of aliphatic hydroxyl groups is 1. The molecule has 1 aromatic rings. The predicted molar refractivity (Wildman–Crippen MR) is 61.1 cm³/mol. The number of hydrogen-bond acceptors (Lipinski definition) is 4. The summed E-state index contributed by atoms with van der Waals surface area (Å²) in [5.41, 5.74) is -0.925. The molecule has 4 atom stereocenters. The number of aryl methyl sites for hydroxylation is 1. The molecular weight excluding hydrogens is 243 g/mol. The van der Waals surface area contributed by atoms with Crippen molar-refractivity contribution in [2.24, 2.45) is 5.92 Å². The summed E-state index contributed by atoms with van der Waals surface area (Å²) in [6.07, 6.45) is -1.90. The molecule has 1 saturated heterocycles. The summed E-state index contributed by atoms with van der Waals surface area (Å²) in [5.74, 6) is -0.515. The number of nitrogens with zero attached hydrogens (tertiary/aromatic N) is 1. The van der Waals surface area contributed by atoms with E-state index in [2.05, 4.69) is 4.98 Å². The highest BCUT2D eigenvalue weighted by Crippen LogP contribution is 2.34. The molecule has 6 nitrogen and oxygen atoms in total. The molecule has 0 radical (unpaired) electrons. The van der Waals surface area contributed by atoms with Crippen LogP contribution < -0.4 is 11.2 Å².